The lowest BCUT2D eigenvalue weighted by molar-refractivity contribution is 1.10. The maximum atomic E-state index is 5.96. The van der Waals surface area contributed by atoms with Gasteiger partial charge in [0.15, 0.2) is 0 Å². The van der Waals surface area contributed by atoms with Gasteiger partial charge in [-0.1, -0.05) is 29.8 Å². The Morgan fingerprint density at radius 1 is 1.12 bits per heavy atom. The number of nitrogens with zero attached hydrogens (tertiary/aromatic N) is 1. The highest BCUT2D eigenvalue weighted by atomic mass is 35.5. The molecule has 1 aliphatic rings. The average Bonchev–Trinajstić information content (AvgIpc) is 3.13. The molecule has 0 unspecified atom stereocenters. The summed E-state index contributed by atoms with van der Waals surface area (Å²) in [5, 5.41) is 0.755. The van der Waals surface area contributed by atoms with Crippen LogP contribution in [-0.2, 0) is 0 Å². The van der Waals surface area contributed by atoms with Gasteiger partial charge in [0.1, 0.15) is 0 Å². The van der Waals surface area contributed by atoms with Gasteiger partial charge in [-0.05, 0) is 42.5 Å². The van der Waals surface area contributed by atoms with Crippen LogP contribution in [0.4, 0.5) is 0 Å². The third-order valence-corrected chi connectivity index (χ3v) is 3.19. The molecule has 1 nitrogen and oxygen atoms in total. The minimum absolute atomic E-state index is 0.755. The van der Waals surface area contributed by atoms with Crippen LogP contribution < -0.4 is 0 Å². The number of benzene rings is 1. The molecule has 0 atom stereocenters. The lowest BCUT2D eigenvalue weighted by Gasteiger charge is -2.02. The molecule has 1 aromatic carbocycles. The monoisotopic (exact) mass is 229 g/mol. The largest absolute Gasteiger partial charge is 0.256 e. The van der Waals surface area contributed by atoms with Crippen LogP contribution >= 0.6 is 11.6 Å². The Kier molecular flexibility index (Phi) is 2.41. The first kappa shape index (κ1) is 9.86. The Morgan fingerprint density at radius 3 is 2.62 bits per heavy atom. The summed E-state index contributed by atoms with van der Waals surface area (Å²) in [6.45, 7) is 0. The van der Waals surface area contributed by atoms with Crippen LogP contribution in [0.25, 0.3) is 11.3 Å². The standard InChI is InChI=1S/C14H12ClN/c15-13-3-1-2-11(8-13)14-7-6-12(9-16-14)10-4-5-10/h1-3,6-10H,4-5H2. The molecule has 2 aromatic rings. The summed E-state index contributed by atoms with van der Waals surface area (Å²) in [6.07, 6.45) is 4.63. The predicted octanol–water partition coefficient (Wildman–Crippen LogP) is 4.28. The number of aromatic nitrogens is 1. The molecule has 80 valence electrons. The summed E-state index contributed by atoms with van der Waals surface area (Å²) >= 11 is 5.96. The van der Waals surface area contributed by atoms with E-state index < -0.39 is 0 Å². The van der Waals surface area contributed by atoms with E-state index in [1.165, 1.54) is 18.4 Å². The first-order valence-corrected chi connectivity index (χ1v) is 5.92. The molecular formula is C14H12ClN. The highest BCUT2D eigenvalue weighted by Gasteiger charge is 2.23. The fourth-order valence-electron chi connectivity index (χ4n) is 1.88. The molecule has 0 aliphatic heterocycles. The second kappa shape index (κ2) is 3.91. The number of halogens is 1. The molecule has 16 heavy (non-hydrogen) atoms. The summed E-state index contributed by atoms with van der Waals surface area (Å²) in [6, 6.07) is 12.1. The Bertz CT molecular complexity index is 500. The smallest absolute Gasteiger partial charge is 0.0702 e. The number of rotatable bonds is 2. The average molecular weight is 230 g/mol. The summed E-state index contributed by atoms with van der Waals surface area (Å²) in [4.78, 5) is 4.49. The normalized spacial score (nSPS) is 15.1. The highest BCUT2D eigenvalue weighted by Crippen LogP contribution is 2.39. The van der Waals surface area contributed by atoms with Gasteiger partial charge in [0.05, 0.1) is 5.69 Å². The summed E-state index contributed by atoms with van der Waals surface area (Å²) in [5.41, 5.74) is 3.44. The molecule has 1 saturated carbocycles. The zero-order chi connectivity index (χ0) is 11.0. The predicted molar refractivity (Wildman–Crippen MR) is 66.7 cm³/mol. The van der Waals surface area contributed by atoms with Gasteiger partial charge in [0.25, 0.3) is 0 Å². The van der Waals surface area contributed by atoms with Crippen molar-refractivity contribution in [3.05, 3.63) is 53.2 Å². The fourth-order valence-corrected chi connectivity index (χ4v) is 2.07. The van der Waals surface area contributed by atoms with Crippen LogP contribution in [-0.4, -0.2) is 4.98 Å². The van der Waals surface area contributed by atoms with E-state index in [0.29, 0.717) is 0 Å². The van der Waals surface area contributed by atoms with Crippen molar-refractivity contribution >= 4 is 11.6 Å². The van der Waals surface area contributed by atoms with Crippen molar-refractivity contribution < 1.29 is 0 Å². The molecule has 0 amide bonds. The number of hydrogen-bond acceptors (Lipinski definition) is 1. The summed E-state index contributed by atoms with van der Waals surface area (Å²) in [5.74, 6) is 0.765. The van der Waals surface area contributed by atoms with Crippen LogP contribution in [0.3, 0.4) is 0 Å². The Labute approximate surface area is 100 Å². The van der Waals surface area contributed by atoms with E-state index in [-0.39, 0.29) is 0 Å². The summed E-state index contributed by atoms with van der Waals surface area (Å²) in [7, 11) is 0. The van der Waals surface area contributed by atoms with Crippen molar-refractivity contribution in [2.24, 2.45) is 0 Å². The van der Waals surface area contributed by atoms with Crippen molar-refractivity contribution in [1.82, 2.24) is 4.98 Å². The molecule has 0 N–H and O–H groups in total. The third kappa shape index (κ3) is 1.96. The van der Waals surface area contributed by atoms with E-state index in [4.69, 9.17) is 11.6 Å². The van der Waals surface area contributed by atoms with Gasteiger partial charge in [0.2, 0.25) is 0 Å². The topological polar surface area (TPSA) is 12.9 Å². The number of hydrogen-bond donors (Lipinski definition) is 0. The lowest BCUT2D eigenvalue weighted by Crippen LogP contribution is -1.86. The highest BCUT2D eigenvalue weighted by molar-refractivity contribution is 6.30. The van der Waals surface area contributed by atoms with Gasteiger partial charge in [-0.25, -0.2) is 0 Å². The molecule has 1 aromatic heterocycles. The van der Waals surface area contributed by atoms with Gasteiger partial charge in [-0.3, -0.25) is 4.98 Å². The SMILES string of the molecule is Clc1cccc(-c2ccc(C3CC3)cn2)c1. The number of pyridine rings is 1. The third-order valence-electron chi connectivity index (χ3n) is 2.96. The molecule has 1 heterocycles. The van der Waals surface area contributed by atoms with Crippen LogP contribution in [0.15, 0.2) is 42.6 Å². The molecule has 3 rings (SSSR count). The Morgan fingerprint density at radius 2 is 2.00 bits per heavy atom. The summed E-state index contributed by atoms with van der Waals surface area (Å²) < 4.78 is 0. The molecule has 1 fully saturated rings. The van der Waals surface area contributed by atoms with E-state index in [9.17, 15) is 0 Å². The first-order chi connectivity index (χ1) is 7.83. The van der Waals surface area contributed by atoms with E-state index in [1.807, 2.05) is 30.5 Å². The molecule has 1 aliphatic carbocycles. The molecule has 0 saturated heterocycles. The van der Waals surface area contributed by atoms with E-state index >= 15 is 0 Å². The van der Waals surface area contributed by atoms with Gasteiger partial charge in [0, 0.05) is 16.8 Å². The molecule has 0 bridgehead atoms. The van der Waals surface area contributed by atoms with Gasteiger partial charge in [-0.2, -0.15) is 0 Å². The van der Waals surface area contributed by atoms with Crippen molar-refractivity contribution in [3.8, 4) is 11.3 Å². The second-order valence-electron chi connectivity index (χ2n) is 4.26. The van der Waals surface area contributed by atoms with Gasteiger partial charge >= 0.3 is 0 Å². The van der Waals surface area contributed by atoms with Crippen LogP contribution in [0, 0.1) is 0 Å². The second-order valence-corrected chi connectivity index (χ2v) is 4.70. The minimum Gasteiger partial charge on any atom is -0.256 e. The lowest BCUT2D eigenvalue weighted by atomic mass is 10.1. The Hall–Kier alpha value is -1.34. The van der Waals surface area contributed by atoms with Crippen molar-refractivity contribution in [2.45, 2.75) is 18.8 Å². The Balaban J connectivity index is 1.94. The maximum absolute atomic E-state index is 5.96. The van der Waals surface area contributed by atoms with Gasteiger partial charge in [-0.15, -0.1) is 0 Å². The molecule has 0 radical (unpaired) electrons. The quantitative estimate of drug-likeness (QED) is 0.749. The zero-order valence-corrected chi connectivity index (χ0v) is 9.61. The maximum Gasteiger partial charge on any atom is 0.0702 e. The molecule has 0 spiro atoms. The minimum atomic E-state index is 0.755. The van der Waals surface area contributed by atoms with Crippen LogP contribution in [0.1, 0.15) is 24.3 Å². The van der Waals surface area contributed by atoms with Crippen molar-refractivity contribution in [3.63, 3.8) is 0 Å². The van der Waals surface area contributed by atoms with E-state index in [2.05, 4.69) is 17.1 Å². The van der Waals surface area contributed by atoms with Crippen LogP contribution in [0.5, 0.6) is 0 Å². The molecule has 2 heteroatoms. The van der Waals surface area contributed by atoms with Crippen LogP contribution in [0.2, 0.25) is 5.02 Å². The molecular weight excluding hydrogens is 218 g/mol. The van der Waals surface area contributed by atoms with E-state index in [1.54, 1.807) is 0 Å². The fraction of sp³-hybridized carbons (Fsp3) is 0.214. The first-order valence-electron chi connectivity index (χ1n) is 5.55. The van der Waals surface area contributed by atoms with Gasteiger partial charge < -0.3 is 0 Å². The van der Waals surface area contributed by atoms with E-state index in [0.717, 1.165) is 22.2 Å². The zero-order valence-electron chi connectivity index (χ0n) is 8.86. The van der Waals surface area contributed by atoms with Crippen molar-refractivity contribution in [1.29, 1.82) is 0 Å². The van der Waals surface area contributed by atoms with Crippen molar-refractivity contribution in [2.75, 3.05) is 0 Å².